The largest absolute Gasteiger partial charge is 0.484 e. The lowest BCUT2D eigenvalue weighted by Crippen LogP contribution is -2.24. The van der Waals surface area contributed by atoms with E-state index in [2.05, 4.69) is 41.1 Å². The number of aromatic nitrogens is 3. The molecule has 0 amide bonds. The van der Waals surface area contributed by atoms with Crippen LogP contribution in [0.4, 0.5) is 5.69 Å². The Morgan fingerprint density at radius 1 is 1.12 bits per heavy atom. The van der Waals surface area contributed by atoms with E-state index in [1.807, 2.05) is 42.9 Å². The topological polar surface area (TPSA) is 60.3 Å². The lowest BCUT2D eigenvalue weighted by Gasteiger charge is -2.23. The van der Waals surface area contributed by atoms with Gasteiger partial charge in [-0.15, -0.1) is 10.2 Å². The van der Waals surface area contributed by atoms with Gasteiger partial charge in [0, 0.05) is 37.0 Å². The van der Waals surface area contributed by atoms with Crippen molar-refractivity contribution in [2.75, 3.05) is 17.7 Å². The lowest BCUT2D eigenvalue weighted by atomic mass is 9.83. The highest BCUT2D eigenvalue weighted by Crippen LogP contribution is 2.46. The molecule has 0 fully saturated rings. The second kappa shape index (κ2) is 9.00. The van der Waals surface area contributed by atoms with Crippen LogP contribution in [-0.2, 0) is 23.9 Å². The molecular formula is C24H25ClN4O2S. The number of para-hydroxylation sites is 2. The van der Waals surface area contributed by atoms with Gasteiger partial charge >= 0.3 is 0 Å². The van der Waals surface area contributed by atoms with Gasteiger partial charge in [-0.3, -0.25) is 4.79 Å². The summed E-state index contributed by atoms with van der Waals surface area (Å²) in [6.45, 7) is 4.54. The predicted octanol–water partition coefficient (Wildman–Crippen LogP) is 5.02. The highest BCUT2D eigenvalue weighted by atomic mass is 35.5. The molecule has 0 radical (unpaired) electrons. The first-order valence-corrected chi connectivity index (χ1v) is 11.6. The number of hydrogen-bond donors (Lipinski definition) is 0. The van der Waals surface area contributed by atoms with Crippen molar-refractivity contribution in [1.82, 2.24) is 14.8 Å². The Morgan fingerprint density at radius 3 is 2.59 bits per heavy atom. The lowest BCUT2D eigenvalue weighted by molar-refractivity contribution is -0.112. The third kappa shape index (κ3) is 4.27. The summed E-state index contributed by atoms with van der Waals surface area (Å²) in [5.41, 5.74) is 3.14. The van der Waals surface area contributed by atoms with Crippen molar-refractivity contribution in [3.05, 3.63) is 76.7 Å². The molecule has 0 atom stereocenters. The van der Waals surface area contributed by atoms with Crippen LogP contribution in [0, 0.1) is 0 Å². The summed E-state index contributed by atoms with van der Waals surface area (Å²) in [4.78, 5) is 14.9. The van der Waals surface area contributed by atoms with Crippen LogP contribution in [-0.4, -0.2) is 33.3 Å². The summed E-state index contributed by atoms with van der Waals surface area (Å²) in [7, 11) is 3.87. The molecule has 8 heteroatoms. The Labute approximate surface area is 197 Å². The van der Waals surface area contributed by atoms with E-state index in [1.165, 1.54) is 17.3 Å². The molecule has 0 saturated heterocycles. The summed E-state index contributed by atoms with van der Waals surface area (Å²) in [5, 5.41) is 9.61. The molecule has 32 heavy (non-hydrogen) atoms. The number of nitrogens with zero attached hydrogens (tertiary/aromatic N) is 4. The Bertz CT molecular complexity index is 1190. The number of hydrogen-bond acceptors (Lipinski definition) is 6. The molecule has 1 aliphatic heterocycles. The van der Waals surface area contributed by atoms with Crippen LogP contribution in [0.2, 0.25) is 5.02 Å². The van der Waals surface area contributed by atoms with Crippen molar-refractivity contribution in [1.29, 1.82) is 0 Å². The number of halogens is 1. The van der Waals surface area contributed by atoms with Gasteiger partial charge < -0.3 is 14.2 Å². The molecule has 0 N–H and O–H groups in total. The summed E-state index contributed by atoms with van der Waals surface area (Å²) in [6, 6.07) is 15.6. The van der Waals surface area contributed by atoms with Crippen LogP contribution in [0.3, 0.4) is 0 Å². The average molecular weight is 469 g/mol. The number of benzene rings is 2. The normalized spacial score (nSPS) is 15.8. The van der Waals surface area contributed by atoms with Gasteiger partial charge in [-0.25, -0.2) is 0 Å². The van der Waals surface area contributed by atoms with Crippen molar-refractivity contribution in [2.45, 2.75) is 31.0 Å². The zero-order valence-corrected chi connectivity index (χ0v) is 20.1. The smallest absolute Gasteiger partial charge is 0.191 e. The van der Waals surface area contributed by atoms with Gasteiger partial charge in [-0.2, -0.15) is 0 Å². The number of carbonyl (C=O) groups excluding carboxylic acids is 1. The van der Waals surface area contributed by atoms with Crippen LogP contribution >= 0.6 is 23.4 Å². The maximum Gasteiger partial charge on any atom is 0.191 e. The molecule has 0 unspecified atom stereocenters. The molecule has 0 spiro atoms. The van der Waals surface area contributed by atoms with Crippen molar-refractivity contribution in [3.63, 3.8) is 0 Å². The van der Waals surface area contributed by atoms with Crippen LogP contribution in [0.1, 0.15) is 25.2 Å². The fraction of sp³-hybridized carbons (Fsp3) is 0.292. The fourth-order valence-electron chi connectivity index (χ4n) is 3.89. The number of carbonyl (C=O) groups is 1. The van der Waals surface area contributed by atoms with Gasteiger partial charge in [0.15, 0.2) is 16.8 Å². The third-order valence-electron chi connectivity index (χ3n) is 5.70. The van der Waals surface area contributed by atoms with E-state index >= 15 is 0 Å². The quantitative estimate of drug-likeness (QED) is 0.358. The molecule has 1 aliphatic rings. The molecule has 2 heterocycles. The summed E-state index contributed by atoms with van der Waals surface area (Å²) in [5.74, 6) is 1.57. The molecule has 3 aromatic rings. The van der Waals surface area contributed by atoms with Crippen LogP contribution in [0.25, 0.3) is 0 Å². The number of anilines is 1. The van der Waals surface area contributed by atoms with Crippen molar-refractivity contribution in [3.8, 4) is 5.75 Å². The predicted molar refractivity (Wildman–Crippen MR) is 128 cm³/mol. The van der Waals surface area contributed by atoms with E-state index in [9.17, 15) is 4.79 Å². The Balaban J connectivity index is 1.40. The van der Waals surface area contributed by atoms with Gasteiger partial charge in [0.05, 0.1) is 10.8 Å². The van der Waals surface area contributed by atoms with E-state index in [4.69, 9.17) is 16.3 Å². The second-order valence-corrected chi connectivity index (χ2v) is 9.51. The van der Waals surface area contributed by atoms with Gasteiger partial charge in [0.1, 0.15) is 12.4 Å². The van der Waals surface area contributed by atoms with Crippen LogP contribution in [0.15, 0.2) is 65.5 Å². The number of likely N-dealkylation sites (N-methyl/N-ethyl adjacent to an activating group) is 1. The number of ketones is 1. The van der Waals surface area contributed by atoms with E-state index in [1.54, 1.807) is 18.2 Å². The third-order valence-corrected chi connectivity index (χ3v) is 7.06. The molecule has 2 aromatic carbocycles. The zero-order chi connectivity index (χ0) is 22.9. The highest BCUT2D eigenvalue weighted by molar-refractivity contribution is 7.99. The minimum atomic E-state index is -0.223. The standard InChI is InChI=1S/C24H25ClN4O2S/c1-24(2)17-9-5-7-11-19(17)28(3)21(24)13-16(30)15-32-23-27-26-22(29(23)4)14-31-20-12-8-6-10-18(20)25/h5-13H,14-15H2,1-4H3/b21-13-. The number of thioether (sulfide) groups is 1. The summed E-state index contributed by atoms with van der Waals surface area (Å²) < 4.78 is 7.59. The molecule has 4 rings (SSSR count). The van der Waals surface area contributed by atoms with E-state index in [0.717, 1.165) is 11.4 Å². The highest BCUT2D eigenvalue weighted by Gasteiger charge is 2.38. The van der Waals surface area contributed by atoms with Crippen molar-refractivity contribution in [2.24, 2.45) is 7.05 Å². The first-order chi connectivity index (χ1) is 15.3. The van der Waals surface area contributed by atoms with Gasteiger partial charge in [-0.1, -0.05) is 67.5 Å². The molecular weight excluding hydrogens is 444 g/mol. The van der Waals surface area contributed by atoms with Crippen LogP contribution in [0.5, 0.6) is 5.75 Å². The summed E-state index contributed by atoms with van der Waals surface area (Å²) in [6.07, 6.45) is 1.75. The van der Waals surface area contributed by atoms with E-state index < -0.39 is 0 Å². The van der Waals surface area contributed by atoms with Crippen LogP contribution < -0.4 is 9.64 Å². The fourth-order valence-corrected chi connectivity index (χ4v) is 4.83. The van der Waals surface area contributed by atoms with Gasteiger partial charge in [0.2, 0.25) is 0 Å². The SMILES string of the molecule is CN1/C(=C\C(=O)CSc2nnc(COc3ccccc3Cl)n2C)C(C)(C)c2ccccc21. The minimum absolute atomic E-state index is 0.0367. The molecule has 1 aromatic heterocycles. The number of fused-ring (bicyclic) bond motifs is 1. The zero-order valence-electron chi connectivity index (χ0n) is 18.5. The maximum absolute atomic E-state index is 12.8. The first-order valence-electron chi connectivity index (χ1n) is 10.3. The molecule has 0 aliphatic carbocycles. The monoisotopic (exact) mass is 468 g/mol. The average Bonchev–Trinajstić information content (AvgIpc) is 3.22. The van der Waals surface area contributed by atoms with E-state index in [-0.39, 0.29) is 23.6 Å². The van der Waals surface area contributed by atoms with E-state index in [0.29, 0.717) is 21.8 Å². The minimum Gasteiger partial charge on any atom is -0.484 e. The first kappa shape index (κ1) is 22.4. The number of allylic oxidation sites excluding steroid dienone is 2. The Hall–Kier alpha value is -2.77. The van der Waals surface area contributed by atoms with Gasteiger partial charge in [0.25, 0.3) is 0 Å². The Kier molecular flexibility index (Phi) is 6.31. The number of rotatable bonds is 7. The maximum atomic E-state index is 12.8. The molecule has 0 saturated carbocycles. The van der Waals surface area contributed by atoms with Crippen molar-refractivity contribution >= 4 is 34.8 Å². The Morgan fingerprint density at radius 2 is 1.84 bits per heavy atom. The molecule has 166 valence electrons. The second-order valence-electron chi connectivity index (χ2n) is 8.16. The van der Waals surface area contributed by atoms with Crippen molar-refractivity contribution < 1.29 is 9.53 Å². The number of ether oxygens (including phenoxy) is 1. The molecule has 0 bridgehead atoms. The summed E-state index contributed by atoms with van der Waals surface area (Å²) >= 11 is 7.50. The molecule has 6 nitrogen and oxygen atoms in total. The van der Waals surface area contributed by atoms with Gasteiger partial charge in [-0.05, 0) is 23.8 Å².